The Morgan fingerprint density at radius 3 is 2.86 bits per heavy atom. The minimum atomic E-state index is -0.505. The van der Waals surface area contributed by atoms with Crippen molar-refractivity contribution in [1.29, 1.82) is 0 Å². The quantitative estimate of drug-likeness (QED) is 0.666. The second-order valence-electron chi connectivity index (χ2n) is 3.17. The van der Waals surface area contributed by atoms with Gasteiger partial charge >= 0.3 is 0 Å². The first-order valence-corrected chi connectivity index (χ1v) is 5.81. The number of benzene rings is 1. The Balaban J connectivity index is 2.11. The van der Waals surface area contributed by atoms with Gasteiger partial charge in [-0.3, -0.25) is 0 Å². The maximum atomic E-state index is 4.55. The summed E-state index contributed by atoms with van der Waals surface area (Å²) < 4.78 is 4.55. The molecule has 0 bridgehead atoms. The van der Waals surface area contributed by atoms with Crippen molar-refractivity contribution in [2.75, 3.05) is 0 Å². The van der Waals surface area contributed by atoms with Crippen molar-refractivity contribution in [3.05, 3.63) is 48.2 Å². The van der Waals surface area contributed by atoms with Crippen LogP contribution < -0.4 is 0 Å². The summed E-state index contributed by atoms with van der Waals surface area (Å²) in [5.74, 6) is 0. The molecule has 14 heavy (non-hydrogen) atoms. The average molecular weight is 202 g/mol. The first-order valence-electron chi connectivity index (χ1n) is 4.52. The molecule has 0 spiro atoms. The minimum Gasteiger partial charge on any atom is -0.356 e. The first-order chi connectivity index (χ1) is 6.95. The molecule has 2 heterocycles. The molecule has 2 aromatic rings. The van der Waals surface area contributed by atoms with Gasteiger partial charge in [0.1, 0.15) is 0 Å². The summed E-state index contributed by atoms with van der Waals surface area (Å²) >= 11 is -0.505. The zero-order valence-electron chi connectivity index (χ0n) is 7.51. The molecule has 2 nitrogen and oxygen atoms in total. The number of nitrogens with one attached hydrogen (secondary N) is 1. The lowest BCUT2D eigenvalue weighted by Crippen LogP contribution is -1.81. The summed E-state index contributed by atoms with van der Waals surface area (Å²) in [5.41, 5.74) is 1.26. The summed E-state index contributed by atoms with van der Waals surface area (Å²) in [6, 6.07) is 12.5. The molecule has 0 saturated carbocycles. The Morgan fingerprint density at radius 2 is 2.00 bits per heavy atom. The van der Waals surface area contributed by atoms with Crippen molar-refractivity contribution < 1.29 is 0 Å². The van der Waals surface area contributed by atoms with Gasteiger partial charge < -0.3 is 4.98 Å². The Labute approximate surface area is 85.2 Å². The van der Waals surface area contributed by atoms with E-state index >= 15 is 0 Å². The van der Waals surface area contributed by atoms with Gasteiger partial charge in [-0.1, -0.05) is 29.3 Å². The van der Waals surface area contributed by atoms with Crippen molar-refractivity contribution in [1.82, 2.24) is 4.98 Å². The van der Waals surface area contributed by atoms with Crippen LogP contribution in [0.1, 0.15) is 5.56 Å². The lowest BCUT2D eigenvalue weighted by molar-refractivity contribution is 1.19. The number of aromatic nitrogens is 1. The highest BCUT2D eigenvalue weighted by Crippen LogP contribution is 2.48. The Hall–Kier alpha value is -1.48. The van der Waals surface area contributed by atoms with E-state index in [0.717, 1.165) is 0 Å². The number of H-pyrrole nitrogens is 1. The third-order valence-electron chi connectivity index (χ3n) is 2.29. The molecule has 1 aliphatic rings. The number of hydrogen-bond acceptors (Lipinski definition) is 1. The van der Waals surface area contributed by atoms with Crippen LogP contribution in [0.4, 0.5) is 0 Å². The minimum absolute atomic E-state index is 0.505. The molecule has 1 unspecified atom stereocenters. The van der Waals surface area contributed by atoms with Crippen molar-refractivity contribution in [2.45, 2.75) is 9.92 Å². The van der Waals surface area contributed by atoms with Gasteiger partial charge in [-0.25, -0.2) is 4.40 Å². The molecule has 1 aromatic heterocycles. The highest BCUT2D eigenvalue weighted by molar-refractivity contribution is 8.16. The monoisotopic (exact) mass is 202 g/mol. The third kappa shape index (κ3) is 1.09. The van der Waals surface area contributed by atoms with Gasteiger partial charge in [-0.05, 0) is 18.2 Å². The van der Waals surface area contributed by atoms with Crippen LogP contribution in [0.15, 0.2) is 56.9 Å². The van der Waals surface area contributed by atoms with Crippen LogP contribution in [0.25, 0.3) is 0 Å². The fraction of sp³-hybridized carbons (Fsp3) is 0. The van der Waals surface area contributed by atoms with E-state index in [1.165, 1.54) is 15.5 Å². The fourth-order valence-corrected chi connectivity index (χ4v) is 3.39. The van der Waals surface area contributed by atoms with E-state index in [2.05, 4.69) is 39.7 Å². The van der Waals surface area contributed by atoms with Gasteiger partial charge in [0, 0.05) is 22.9 Å². The summed E-state index contributed by atoms with van der Waals surface area (Å²) in [6.45, 7) is 0. The summed E-state index contributed by atoms with van der Waals surface area (Å²) in [6.07, 6.45) is 3.93. The SMILES string of the molecule is C1=N[SH](c2ccc[nH]2)c2ccccc21. The molecule has 0 fully saturated rings. The molecular weight excluding hydrogens is 192 g/mol. The zero-order valence-corrected chi connectivity index (χ0v) is 8.41. The van der Waals surface area contributed by atoms with E-state index in [1.54, 1.807) is 0 Å². The average Bonchev–Trinajstić information content (AvgIpc) is 2.85. The van der Waals surface area contributed by atoms with E-state index in [4.69, 9.17) is 0 Å². The topological polar surface area (TPSA) is 28.1 Å². The third-order valence-corrected chi connectivity index (χ3v) is 4.23. The first kappa shape index (κ1) is 7.88. The smallest absolute Gasteiger partial charge is 0.0752 e. The maximum Gasteiger partial charge on any atom is 0.0752 e. The maximum absolute atomic E-state index is 4.55. The molecule has 1 aromatic carbocycles. The number of nitrogens with zero attached hydrogens (tertiary/aromatic N) is 1. The molecule has 0 saturated heterocycles. The molecule has 1 N–H and O–H groups in total. The van der Waals surface area contributed by atoms with Crippen LogP contribution in [0.5, 0.6) is 0 Å². The van der Waals surface area contributed by atoms with Gasteiger partial charge in [0.05, 0.1) is 5.03 Å². The molecule has 3 heteroatoms. The molecule has 0 aliphatic carbocycles. The highest BCUT2D eigenvalue weighted by atomic mass is 32.2. The van der Waals surface area contributed by atoms with Gasteiger partial charge in [-0.2, -0.15) is 0 Å². The Morgan fingerprint density at radius 1 is 1.07 bits per heavy atom. The number of fused-ring (bicyclic) bond motifs is 1. The van der Waals surface area contributed by atoms with Crippen molar-refractivity contribution >= 4 is 17.3 Å². The van der Waals surface area contributed by atoms with E-state index < -0.39 is 11.1 Å². The van der Waals surface area contributed by atoms with Crippen LogP contribution in [-0.2, 0) is 0 Å². The van der Waals surface area contributed by atoms with Gasteiger partial charge in [-0.15, -0.1) is 0 Å². The number of aromatic amines is 1. The predicted molar refractivity (Wildman–Crippen MR) is 60.3 cm³/mol. The predicted octanol–water partition coefficient (Wildman–Crippen LogP) is 2.78. The summed E-state index contributed by atoms with van der Waals surface area (Å²) in [5, 5.41) is 1.22. The second kappa shape index (κ2) is 3.03. The normalized spacial score (nSPS) is 21.0. The van der Waals surface area contributed by atoms with Crippen molar-refractivity contribution in [2.24, 2.45) is 4.40 Å². The Kier molecular flexibility index (Phi) is 1.70. The van der Waals surface area contributed by atoms with Crippen LogP contribution in [0.2, 0.25) is 0 Å². The molecule has 3 rings (SSSR count). The lowest BCUT2D eigenvalue weighted by Gasteiger charge is -2.11. The standard InChI is InChI=1S/C11H10N2S/c1-2-5-10-9(4-1)8-13-14(10)11-6-3-7-12-11/h1-8,12,14H. The van der Waals surface area contributed by atoms with E-state index in [-0.39, 0.29) is 0 Å². The molecule has 0 radical (unpaired) electrons. The van der Waals surface area contributed by atoms with Crippen molar-refractivity contribution in [3.8, 4) is 0 Å². The van der Waals surface area contributed by atoms with Crippen LogP contribution >= 0.6 is 11.1 Å². The van der Waals surface area contributed by atoms with E-state index in [9.17, 15) is 0 Å². The van der Waals surface area contributed by atoms with Crippen LogP contribution in [0, 0.1) is 0 Å². The summed E-state index contributed by atoms with van der Waals surface area (Å²) in [4.78, 5) is 4.59. The number of hydrogen-bond donors (Lipinski definition) is 2. The molecule has 1 aliphatic heterocycles. The van der Waals surface area contributed by atoms with Crippen molar-refractivity contribution in [3.63, 3.8) is 0 Å². The zero-order chi connectivity index (χ0) is 9.38. The fourth-order valence-electron chi connectivity index (χ4n) is 1.62. The molecule has 1 atom stereocenters. The van der Waals surface area contributed by atoms with Gasteiger partial charge in [0.2, 0.25) is 0 Å². The van der Waals surface area contributed by atoms with Gasteiger partial charge in [0.25, 0.3) is 0 Å². The van der Waals surface area contributed by atoms with Gasteiger partial charge in [0.15, 0.2) is 0 Å². The van der Waals surface area contributed by atoms with Crippen LogP contribution in [0.3, 0.4) is 0 Å². The number of rotatable bonds is 1. The van der Waals surface area contributed by atoms with E-state index in [1.807, 2.05) is 18.5 Å². The van der Waals surface area contributed by atoms with E-state index in [0.29, 0.717) is 0 Å². The number of thiol groups is 1. The van der Waals surface area contributed by atoms with Crippen LogP contribution in [-0.4, -0.2) is 11.2 Å². The summed E-state index contributed by atoms with van der Waals surface area (Å²) in [7, 11) is 0. The Bertz CT molecular complexity index is 474. The second-order valence-corrected chi connectivity index (χ2v) is 4.99. The molecular formula is C11H10N2S. The largest absolute Gasteiger partial charge is 0.356 e. The lowest BCUT2D eigenvalue weighted by atomic mass is 10.2. The highest BCUT2D eigenvalue weighted by Gasteiger charge is 2.16. The molecule has 0 amide bonds. The molecule has 70 valence electrons.